The molecule has 0 bridgehead atoms. The molecule has 0 spiro atoms. The molecule has 2 N–H and O–H groups in total. The number of hydrogen-bond donors (Lipinski definition) is 2. The number of fused-ring (bicyclic) bond motifs is 1. The van der Waals surface area contributed by atoms with Gasteiger partial charge in [0.15, 0.2) is 0 Å². The van der Waals surface area contributed by atoms with Gasteiger partial charge >= 0.3 is 0 Å². The van der Waals surface area contributed by atoms with E-state index in [1.165, 1.54) is 0 Å². The molecule has 1 amide bonds. The van der Waals surface area contributed by atoms with Crippen molar-refractivity contribution in [1.82, 2.24) is 5.32 Å². The van der Waals surface area contributed by atoms with Crippen molar-refractivity contribution in [3.8, 4) is 5.75 Å². The highest BCUT2D eigenvalue weighted by atomic mass is 16.5. The Balaban J connectivity index is 1.79. The van der Waals surface area contributed by atoms with Crippen LogP contribution < -0.4 is 10.1 Å². The van der Waals surface area contributed by atoms with Gasteiger partial charge < -0.3 is 15.2 Å². The van der Waals surface area contributed by atoms with Crippen LogP contribution in [0.4, 0.5) is 0 Å². The summed E-state index contributed by atoms with van der Waals surface area (Å²) in [6.45, 7) is 5.28. The molecule has 1 unspecified atom stereocenters. The summed E-state index contributed by atoms with van der Waals surface area (Å²) in [6.07, 6.45) is 1.76. The average Bonchev–Trinajstić information content (AvgIpc) is 2.87. The molecule has 0 saturated heterocycles. The summed E-state index contributed by atoms with van der Waals surface area (Å²) in [6, 6.07) is 7.68. The van der Waals surface area contributed by atoms with Gasteiger partial charge in [0, 0.05) is 18.7 Å². The molecule has 1 aromatic carbocycles. The lowest BCUT2D eigenvalue weighted by atomic mass is 9.89. The van der Waals surface area contributed by atoms with E-state index in [4.69, 9.17) is 4.74 Å². The van der Waals surface area contributed by atoms with Crippen molar-refractivity contribution in [1.29, 1.82) is 0 Å². The average molecular weight is 277 g/mol. The summed E-state index contributed by atoms with van der Waals surface area (Å²) in [7, 11) is 0. The summed E-state index contributed by atoms with van der Waals surface area (Å²) in [5.41, 5.74) is 0.897. The quantitative estimate of drug-likeness (QED) is 0.783. The standard InChI is InChI=1S/C16H23NO3/c1-16(2,11-18)8-5-9-17-15(19)13-10-20-14-7-4-3-6-12(13)14/h3-4,6-7,13,18H,5,8-11H2,1-2H3,(H,17,19). The fourth-order valence-corrected chi connectivity index (χ4v) is 2.36. The number of rotatable bonds is 6. The minimum atomic E-state index is -0.197. The molecule has 0 saturated carbocycles. The van der Waals surface area contributed by atoms with Crippen LogP contribution in [0.5, 0.6) is 5.75 Å². The maximum absolute atomic E-state index is 12.2. The minimum Gasteiger partial charge on any atom is -0.492 e. The van der Waals surface area contributed by atoms with E-state index >= 15 is 0 Å². The second kappa shape index (κ2) is 6.27. The van der Waals surface area contributed by atoms with Crippen LogP contribution in [0, 0.1) is 5.41 Å². The van der Waals surface area contributed by atoms with Crippen LogP contribution in [0.25, 0.3) is 0 Å². The zero-order valence-electron chi connectivity index (χ0n) is 12.2. The largest absolute Gasteiger partial charge is 0.492 e. The first kappa shape index (κ1) is 14.9. The Morgan fingerprint density at radius 2 is 2.20 bits per heavy atom. The molecule has 0 fully saturated rings. The van der Waals surface area contributed by atoms with Crippen LogP contribution in [0.1, 0.15) is 38.2 Å². The van der Waals surface area contributed by atoms with Crippen molar-refractivity contribution in [2.24, 2.45) is 5.41 Å². The molecular weight excluding hydrogens is 254 g/mol. The molecule has 2 rings (SSSR count). The molecule has 0 aliphatic carbocycles. The SMILES string of the molecule is CC(C)(CO)CCCNC(=O)C1COc2ccccc21. The molecule has 1 atom stereocenters. The number of ether oxygens (including phenoxy) is 1. The highest BCUT2D eigenvalue weighted by molar-refractivity contribution is 5.85. The second-order valence-corrected chi connectivity index (χ2v) is 6.12. The predicted octanol–water partition coefficient (Wildman–Crippen LogP) is 2.08. The molecule has 4 nitrogen and oxygen atoms in total. The molecule has 110 valence electrons. The van der Waals surface area contributed by atoms with E-state index in [1.54, 1.807) is 0 Å². The van der Waals surface area contributed by atoms with Gasteiger partial charge in [0.05, 0.1) is 0 Å². The van der Waals surface area contributed by atoms with Gasteiger partial charge in [0.1, 0.15) is 18.3 Å². The van der Waals surface area contributed by atoms with Crippen molar-refractivity contribution in [2.75, 3.05) is 19.8 Å². The maximum Gasteiger partial charge on any atom is 0.231 e. The van der Waals surface area contributed by atoms with Crippen LogP contribution in [0.15, 0.2) is 24.3 Å². The van der Waals surface area contributed by atoms with Gasteiger partial charge in [-0.05, 0) is 24.3 Å². The van der Waals surface area contributed by atoms with E-state index < -0.39 is 0 Å². The highest BCUT2D eigenvalue weighted by Gasteiger charge is 2.29. The smallest absolute Gasteiger partial charge is 0.231 e. The minimum absolute atomic E-state index is 0.0248. The normalized spacial score (nSPS) is 17.4. The lowest BCUT2D eigenvalue weighted by Crippen LogP contribution is -2.31. The lowest BCUT2D eigenvalue weighted by Gasteiger charge is -2.21. The number of aliphatic hydroxyl groups is 1. The molecule has 1 aromatic rings. The Bertz CT molecular complexity index is 471. The van der Waals surface area contributed by atoms with Gasteiger partial charge in [-0.25, -0.2) is 0 Å². The second-order valence-electron chi connectivity index (χ2n) is 6.12. The summed E-state index contributed by atoms with van der Waals surface area (Å²) >= 11 is 0. The highest BCUT2D eigenvalue weighted by Crippen LogP contribution is 2.33. The Kier molecular flexibility index (Phi) is 4.65. The lowest BCUT2D eigenvalue weighted by molar-refractivity contribution is -0.122. The predicted molar refractivity (Wildman–Crippen MR) is 77.8 cm³/mol. The topological polar surface area (TPSA) is 58.6 Å². The maximum atomic E-state index is 12.2. The molecular formula is C16H23NO3. The van der Waals surface area contributed by atoms with E-state index in [9.17, 15) is 9.90 Å². The first-order valence-corrected chi connectivity index (χ1v) is 7.14. The summed E-state index contributed by atoms with van der Waals surface area (Å²) in [5.74, 6) is 0.642. The third kappa shape index (κ3) is 3.51. The number of hydrogen-bond acceptors (Lipinski definition) is 3. The zero-order valence-corrected chi connectivity index (χ0v) is 12.2. The van der Waals surface area contributed by atoms with Crippen LogP contribution in [0.3, 0.4) is 0 Å². The van der Waals surface area contributed by atoms with Crippen LogP contribution >= 0.6 is 0 Å². The van der Waals surface area contributed by atoms with Crippen molar-refractivity contribution in [3.63, 3.8) is 0 Å². The van der Waals surface area contributed by atoms with E-state index in [1.807, 2.05) is 38.1 Å². The molecule has 1 heterocycles. The van der Waals surface area contributed by atoms with Gasteiger partial charge in [-0.2, -0.15) is 0 Å². The number of nitrogens with one attached hydrogen (secondary N) is 1. The van der Waals surface area contributed by atoms with Crippen LogP contribution in [-0.4, -0.2) is 30.8 Å². The Morgan fingerprint density at radius 3 is 2.95 bits per heavy atom. The number of para-hydroxylation sites is 1. The first-order valence-electron chi connectivity index (χ1n) is 7.14. The third-order valence-corrected chi connectivity index (χ3v) is 3.77. The zero-order chi connectivity index (χ0) is 14.6. The van der Waals surface area contributed by atoms with Crippen LogP contribution in [-0.2, 0) is 4.79 Å². The van der Waals surface area contributed by atoms with E-state index in [0.29, 0.717) is 13.2 Å². The van der Waals surface area contributed by atoms with Crippen LogP contribution in [0.2, 0.25) is 0 Å². The Labute approximate surface area is 120 Å². The van der Waals surface area contributed by atoms with E-state index in [-0.39, 0.29) is 23.8 Å². The van der Waals surface area contributed by atoms with Crippen molar-refractivity contribution in [2.45, 2.75) is 32.6 Å². The fraction of sp³-hybridized carbons (Fsp3) is 0.562. The van der Waals surface area contributed by atoms with Crippen molar-refractivity contribution in [3.05, 3.63) is 29.8 Å². The monoisotopic (exact) mass is 277 g/mol. The van der Waals surface area contributed by atoms with Gasteiger partial charge in [-0.1, -0.05) is 32.0 Å². The van der Waals surface area contributed by atoms with Gasteiger partial charge in [-0.3, -0.25) is 4.79 Å². The number of carbonyl (C=O) groups is 1. The molecule has 0 aromatic heterocycles. The molecule has 1 aliphatic rings. The summed E-state index contributed by atoms with van der Waals surface area (Å²) in [4.78, 5) is 12.2. The van der Waals surface area contributed by atoms with E-state index in [0.717, 1.165) is 24.2 Å². The van der Waals surface area contributed by atoms with Crippen molar-refractivity contribution >= 4 is 5.91 Å². The van der Waals surface area contributed by atoms with Gasteiger partial charge in [0.25, 0.3) is 0 Å². The van der Waals surface area contributed by atoms with Crippen molar-refractivity contribution < 1.29 is 14.6 Å². The molecule has 4 heteroatoms. The fourth-order valence-electron chi connectivity index (χ4n) is 2.36. The number of aliphatic hydroxyl groups excluding tert-OH is 1. The number of benzene rings is 1. The Morgan fingerprint density at radius 1 is 1.45 bits per heavy atom. The molecule has 0 radical (unpaired) electrons. The van der Waals surface area contributed by atoms with Gasteiger partial charge in [-0.15, -0.1) is 0 Å². The Hall–Kier alpha value is -1.55. The molecule has 1 aliphatic heterocycles. The number of carbonyl (C=O) groups excluding carboxylic acids is 1. The van der Waals surface area contributed by atoms with Gasteiger partial charge in [0.2, 0.25) is 5.91 Å². The summed E-state index contributed by atoms with van der Waals surface area (Å²) < 4.78 is 5.52. The number of amides is 1. The summed E-state index contributed by atoms with van der Waals surface area (Å²) in [5, 5.41) is 12.1. The van der Waals surface area contributed by atoms with E-state index in [2.05, 4.69) is 5.32 Å². The molecule has 20 heavy (non-hydrogen) atoms. The first-order chi connectivity index (χ1) is 9.53. The third-order valence-electron chi connectivity index (χ3n) is 3.77.